The molecule has 9 heteroatoms. The van der Waals surface area contributed by atoms with Crippen molar-refractivity contribution >= 4 is 27.5 Å². The molecule has 1 aliphatic heterocycles. The summed E-state index contributed by atoms with van der Waals surface area (Å²) in [5.41, 5.74) is 1.09. The second-order valence-corrected chi connectivity index (χ2v) is 10.1. The molecule has 7 nitrogen and oxygen atoms in total. The number of nitrogens with one attached hydrogen (secondary N) is 1. The van der Waals surface area contributed by atoms with Gasteiger partial charge < -0.3 is 9.88 Å². The number of rotatable bonds is 6. The van der Waals surface area contributed by atoms with Crippen molar-refractivity contribution in [2.75, 3.05) is 13.1 Å². The quantitative estimate of drug-likeness (QED) is 0.592. The van der Waals surface area contributed by atoms with E-state index in [1.165, 1.54) is 22.5 Å². The van der Waals surface area contributed by atoms with Crippen molar-refractivity contribution in [1.82, 2.24) is 19.2 Å². The van der Waals surface area contributed by atoms with E-state index in [2.05, 4.69) is 10.3 Å². The van der Waals surface area contributed by atoms with Crippen LogP contribution in [0.15, 0.2) is 65.8 Å². The fraction of sp³-hybridized carbons (Fsp3) is 0.304. The predicted octanol–water partition coefficient (Wildman–Crippen LogP) is 3.77. The molecule has 1 N–H and O–H groups in total. The monoisotopic (exact) mass is 472 g/mol. The van der Waals surface area contributed by atoms with Crippen LogP contribution in [0, 0.1) is 0 Å². The van der Waals surface area contributed by atoms with Gasteiger partial charge in [0.25, 0.3) is 5.91 Å². The van der Waals surface area contributed by atoms with Gasteiger partial charge in [-0.05, 0) is 36.6 Å². The molecule has 1 fully saturated rings. The van der Waals surface area contributed by atoms with E-state index in [0.29, 0.717) is 18.9 Å². The number of halogens is 1. The first-order chi connectivity index (χ1) is 15.4. The lowest BCUT2D eigenvalue weighted by Gasteiger charge is -2.26. The highest BCUT2D eigenvalue weighted by Crippen LogP contribution is 2.28. The molecule has 4 rings (SSSR count). The molecule has 32 heavy (non-hydrogen) atoms. The van der Waals surface area contributed by atoms with Crippen LogP contribution in [0.5, 0.6) is 0 Å². The third-order valence-corrected chi connectivity index (χ3v) is 8.03. The summed E-state index contributed by atoms with van der Waals surface area (Å²) >= 11 is 6.26. The van der Waals surface area contributed by atoms with Gasteiger partial charge in [-0.15, -0.1) is 0 Å². The molecule has 0 spiro atoms. The summed E-state index contributed by atoms with van der Waals surface area (Å²) in [5.74, 6) is 0.258. The highest BCUT2D eigenvalue weighted by atomic mass is 35.5. The first-order valence-electron chi connectivity index (χ1n) is 10.5. The van der Waals surface area contributed by atoms with Gasteiger partial charge >= 0.3 is 0 Å². The summed E-state index contributed by atoms with van der Waals surface area (Å²) in [6.07, 6.45) is 6.13. The van der Waals surface area contributed by atoms with Crippen LogP contribution in [0.3, 0.4) is 0 Å². The molecule has 0 saturated carbocycles. The van der Waals surface area contributed by atoms with E-state index < -0.39 is 22.0 Å². The molecule has 0 radical (unpaired) electrons. The fourth-order valence-electron chi connectivity index (χ4n) is 3.90. The lowest BCUT2D eigenvalue weighted by Crippen LogP contribution is -2.36. The maximum atomic E-state index is 13.2. The Balaban J connectivity index is 1.65. The molecule has 2 aromatic carbocycles. The normalized spacial score (nSPS) is 15.9. The van der Waals surface area contributed by atoms with E-state index in [0.717, 1.165) is 24.8 Å². The van der Waals surface area contributed by atoms with Crippen LogP contribution in [-0.2, 0) is 17.1 Å². The SMILES string of the molecule is Cn1ccnc1[C@H](NC(=O)c1ccc(Cl)c(S(=O)(=O)N2CCCCC2)c1)c1ccccc1. The molecule has 1 amide bonds. The lowest BCUT2D eigenvalue weighted by atomic mass is 10.1. The zero-order valence-corrected chi connectivity index (χ0v) is 19.3. The van der Waals surface area contributed by atoms with Crippen LogP contribution >= 0.6 is 11.6 Å². The van der Waals surface area contributed by atoms with Crippen molar-refractivity contribution < 1.29 is 13.2 Å². The number of hydrogen-bond acceptors (Lipinski definition) is 4. The van der Waals surface area contributed by atoms with E-state index in [4.69, 9.17) is 11.6 Å². The number of aryl methyl sites for hydroxylation is 1. The Morgan fingerprint density at radius 3 is 2.47 bits per heavy atom. The van der Waals surface area contributed by atoms with Crippen molar-refractivity contribution in [3.63, 3.8) is 0 Å². The van der Waals surface area contributed by atoms with E-state index in [-0.39, 0.29) is 15.5 Å². The molecule has 3 aromatic rings. The average molecular weight is 473 g/mol. The summed E-state index contributed by atoms with van der Waals surface area (Å²) in [6.45, 7) is 0.925. The second kappa shape index (κ2) is 9.44. The zero-order chi connectivity index (χ0) is 22.7. The van der Waals surface area contributed by atoms with Crippen molar-refractivity contribution in [1.29, 1.82) is 0 Å². The first-order valence-corrected chi connectivity index (χ1v) is 12.3. The fourth-order valence-corrected chi connectivity index (χ4v) is 5.92. The molecule has 168 valence electrons. The molecule has 0 bridgehead atoms. The van der Waals surface area contributed by atoms with Gasteiger partial charge in [-0.2, -0.15) is 4.31 Å². The Hall–Kier alpha value is -2.68. The van der Waals surface area contributed by atoms with E-state index >= 15 is 0 Å². The van der Waals surface area contributed by atoms with Gasteiger partial charge in [0, 0.05) is 38.1 Å². The molecule has 2 heterocycles. The van der Waals surface area contributed by atoms with Crippen molar-refractivity contribution in [2.45, 2.75) is 30.2 Å². The maximum absolute atomic E-state index is 13.2. The number of imidazole rings is 1. The van der Waals surface area contributed by atoms with Crippen LogP contribution in [-0.4, -0.2) is 41.3 Å². The largest absolute Gasteiger partial charge is 0.338 e. The van der Waals surface area contributed by atoms with Gasteiger partial charge in [0.05, 0.1) is 5.02 Å². The van der Waals surface area contributed by atoms with Gasteiger partial charge in [-0.25, -0.2) is 13.4 Å². The lowest BCUT2D eigenvalue weighted by molar-refractivity contribution is 0.0941. The van der Waals surface area contributed by atoms with Crippen LogP contribution in [0.1, 0.15) is 47.1 Å². The molecular formula is C23H25ClN4O3S. The number of carbonyl (C=O) groups excluding carboxylic acids is 1. The third kappa shape index (κ3) is 4.57. The van der Waals surface area contributed by atoms with Crippen molar-refractivity contribution in [2.24, 2.45) is 7.05 Å². The standard InChI is InChI=1S/C23H25ClN4O3S/c1-27-15-12-25-22(27)21(17-8-4-2-5-9-17)26-23(29)18-10-11-19(24)20(16-18)32(30,31)28-13-6-3-7-14-28/h2,4-5,8-12,15-16,21H,3,6-7,13-14H2,1H3,(H,26,29)/t21-/m1/s1. The van der Waals surface area contributed by atoms with Gasteiger partial charge in [-0.1, -0.05) is 48.4 Å². The van der Waals surface area contributed by atoms with Crippen LogP contribution < -0.4 is 5.32 Å². The van der Waals surface area contributed by atoms with Gasteiger partial charge in [0.15, 0.2) is 0 Å². The molecule has 1 atom stereocenters. The Morgan fingerprint density at radius 1 is 1.09 bits per heavy atom. The van der Waals surface area contributed by atoms with Gasteiger partial charge in [-0.3, -0.25) is 4.79 Å². The Kier molecular flexibility index (Phi) is 6.64. The minimum absolute atomic E-state index is 0.0398. The highest BCUT2D eigenvalue weighted by Gasteiger charge is 2.29. The Bertz CT molecular complexity index is 1200. The number of benzene rings is 2. The van der Waals surface area contributed by atoms with Crippen LogP contribution in [0.2, 0.25) is 5.02 Å². The molecule has 1 saturated heterocycles. The molecule has 0 aliphatic carbocycles. The molecular weight excluding hydrogens is 448 g/mol. The summed E-state index contributed by atoms with van der Waals surface area (Å²) in [7, 11) is -1.92. The Morgan fingerprint density at radius 2 is 1.81 bits per heavy atom. The van der Waals surface area contributed by atoms with Gasteiger partial charge in [0.1, 0.15) is 16.8 Å². The molecule has 1 aliphatic rings. The summed E-state index contributed by atoms with van der Waals surface area (Å²) in [6, 6.07) is 13.4. The summed E-state index contributed by atoms with van der Waals surface area (Å²) < 4.78 is 29.6. The molecule has 1 aromatic heterocycles. The number of sulfonamides is 1. The predicted molar refractivity (Wildman–Crippen MR) is 123 cm³/mol. The van der Waals surface area contributed by atoms with Crippen LogP contribution in [0.25, 0.3) is 0 Å². The first kappa shape index (κ1) is 22.5. The summed E-state index contributed by atoms with van der Waals surface area (Å²) in [5, 5.41) is 3.10. The second-order valence-electron chi connectivity index (χ2n) is 7.82. The minimum atomic E-state index is -3.77. The number of hydrogen-bond donors (Lipinski definition) is 1. The average Bonchev–Trinajstić information content (AvgIpc) is 3.24. The van der Waals surface area contributed by atoms with Crippen LogP contribution in [0.4, 0.5) is 0 Å². The van der Waals surface area contributed by atoms with E-state index in [1.807, 2.05) is 48.1 Å². The van der Waals surface area contributed by atoms with Crippen molar-refractivity contribution in [3.8, 4) is 0 Å². The number of amides is 1. The topological polar surface area (TPSA) is 84.3 Å². The van der Waals surface area contributed by atoms with Crippen molar-refractivity contribution in [3.05, 3.63) is 82.9 Å². The highest BCUT2D eigenvalue weighted by molar-refractivity contribution is 7.89. The van der Waals surface area contributed by atoms with Gasteiger partial charge in [0.2, 0.25) is 10.0 Å². The minimum Gasteiger partial charge on any atom is -0.338 e. The smallest absolute Gasteiger partial charge is 0.252 e. The third-order valence-electron chi connectivity index (χ3n) is 5.65. The maximum Gasteiger partial charge on any atom is 0.252 e. The number of aromatic nitrogens is 2. The number of nitrogens with zero attached hydrogens (tertiary/aromatic N) is 3. The molecule has 0 unspecified atom stereocenters. The van der Waals surface area contributed by atoms with E-state index in [9.17, 15) is 13.2 Å². The summed E-state index contributed by atoms with van der Waals surface area (Å²) in [4.78, 5) is 17.6. The number of piperidine rings is 1. The zero-order valence-electron chi connectivity index (χ0n) is 17.7. The van der Waals surface area contributed by atoms with E-state index in [1.54, 1.807) is 6.20 Å². The number of carbonyl (C=O) groups is 1. The Labute approximate surface area is 193 Å².